The van der Waals surface area contributed by atoms with Crippen LogP contribution in [0.1, 0.15) is 17.7 Å². The fourth-order valence-corrected chi connectivity index (χ4v) is 2.22. The SMILES string of the molecule is Cc1c(CCC(=O)N[C@@H]2COC[C@@H](O)[C@H]2O)cnn1C. The Kier molecular flexibility index (Phi) is 4.74. The maximum Gasteiger partial charge on any atom is 0.220 e. The lowest BCUT2D eigenvalue weighted by atomic mass is 10.0. The third-order valence-corrected chi connectivity index (χ3v) is 3.70. The molecular weight excluding hydrogens is 262 g/mol. The smallest absolute Gasteiger partial charge is 0.220 e. The highest BCUT2D eigenvalue weighted by Crippen LogP contribution is 2.11. The number of aryl methyl sites for hydroxylation is 2. The topological polar surface area (TPSA) is 96.6 Å². The van der Waals surface area contributed by atoms with Crippen LogP contribution in [0.3, 0.4) is 0 Å². The molecule has 1 aliphatic rings. The Morgan fingerprint density at radius 1 is 1.55 bits per heavy atom. The summed E-state index contributed by atoms with van der Waals surface area (Å²) in [5.41, 5.74) is 2.07. The van der Waals surface area contributed by atoms with Gasteiger partial charge in [0.05, 0.1) is 25.5 Å². The maximum absolute atomic E-state index is 11.9. The fraction of sp³-hybridized carbons (Fsp3) is 0.692. The molecule has 0 aliphatic carbocycles. The van der Waals surface area contributed by atoms with Crippen molar-refractivity contribution in [2.24, 2.45) is 7.05 Å². The van der Waals surface area contributed by atoms with Gasteiger partial charge in [0.2, 0.25) is 5.91 Å². The van der Waals surface area contributed by atoms with Crippen molar-refractivity contribution in [2.45, 2.75) is 38.0 Å². The second-order valence-electron chi connectivity index (χ2n) is 5.15. The molecule has 1 fully saturated rings. The molecular formula is C13H21N3O4. The molecule has 2 heterocycles. The number of hydrogen-bond donors (Lipinski definition) is 3. The molecule has 3 N–H and O–H groups in total. The van der Waals surface area contributed by atoms with Gasteiger partial charge in [0.1, 0.15) is 12.2 Å². The summed E-state index contributed by atoms with van der Waals surface area (Å²) in [7, 11) is 1.86. The Labute approximate surface area is 117 Å². The van der Waals surface area contributed by atoms with Gasteiger partial charge < -0.3 is 20.3 Å². The van der Waals surface area contributed by atoms with Gasteiger partial charge >= 0.3 is 0 Å². The molecule has 1 saturated heterocycles. The molecule has 1 amide bonds. The number of ether oxygens (including phenoxy) is 1. The summed E-state index contributed by atoms with van der Waals surface area (Å²) in [6.45, 7) is 2.27. The molecule has 1 aromatic rings. The van der Waals surface area contributed by atoms with Crippen molar-refractivity contribution >= 4 is 5.91 Å². The van der Waals surface area contributed by atoms with E-state index >= 15 is 0 Å². The van der Waals surface area contributed by atoms with Gasteiger partial charge in [0, 0.05) is 19.2 Å². The number of rotatable bonds is 4. The van der Waals surface area contributed by atoms with Crippen molar-refractivity contribution < 1.29 is 19.7 Å². The molecule has 0 aromatic carbocycles. The monoisotopic (exact) mass is 283 g/mol. The molecule has 3 atom stereocenters. The summed E-state index contributed by atoms with van der Waals surface area (Å²) >= 11 is 0. The van der Waals surface area contributed by atoms with Gasteiger partial charge in [-0.2, -0.15) is 5.10 Å². The average molecular weight is 283 g/mol. The van der Waals surface area contributed by atoms with E-state index in [4.69, 9.17) is 4.74 Å². The number of carbonyl (C=O) groups excluding carboxylic acids is 1. The van der Waals surface area contributed by atoms with E-state index < -0.39 is 18.2 Å². The van der Waals surface area contributed by atoms with Crippen LogP contribution in [0, 0.1) is 6.92 Å². The molecule has 20 heavy (non-hydrogen) atoms. The highest BCUT2D eigenvalue weighted by Gasteiger charge is 2.32. The first-order valence-corrected chi connectivity index (χ1v) is 6.69. The van der Waals surface area contributed by atoms with Crippen LogP contribution >= 0.6 is 0 Å². The first-order chi connectivity index (χ1) is 9.49. The van der Waals surface area contributed by atoms with Crippen molar-refractivity contribution in [1.82, 2.24) is 15.1 Å². The quantitative estimate of drug-likeness (QED) is 0.651. The zero-order chi connectivity index (χ0) is 14.7. The molecule has 0 unspecified atom stereocenters. The lowest BCUT2D eigenvalue weighted by Gasteiger charge is -2.32. The number of nitrogens with zero attached hydrogens (tertiary/aromatic N) is 2. The minimum absolute atomic E-state index is 0.0996. The van der Waals surface area contributed by atoms with Crippen LogP contribution in [0.15, 0.2) is 6.20 Å². The van der Waals surface area contributed by atoms with E-state index in [-0.39, 0.29) is 19.1 Å². The second kappa shape index (κ2) is 6.34. The van der Waals surface area contributed by atoms with Crippen LogP contribution in [0.5, 0.6) is 0 Å². The molecule has 0 saturated carbocycles. The number of aliphatic hydroxyl groups is 2. The Balaban J connectivity index is 1.82. The van der Waals surface area contributed by atoms with Gasteiger partial charge in [-0.3, -0.25) is 9.48 Å². The summed E-state index contributed by atoms with van der Waals surface area (Å²) in [5, 5.41) is 26.0. The Hall–Kier alpha value is -1.44. The van der Waals surface area contributed by atoms with E-state index in [1.165, 1.54) is 0 Å². The highest BCUT2D eigenvalue weighted by atomic mass is 16.5. The summed E-state index contributed by atoms with van der Waals surface area (Å²) < 4.78 is 6.88. The van der Waals surface area contributed by atoms with Crippen molar-refractivity contribution in [3.05, 3.63) is 17.5 Å². The van der Waals surface area contributed by atoms with Gasteiger partial charge in [0.25, 0.3) is 0 Å². The summed E-state index contributed by atoms with van der Waals surface area (Å²) in [6, 6.07) is -0.554. The molecule has 7 heteroatoms. The first-order valence-electron chi connectivity index (χ1n) is 6.69. The second-order valence-corrected chi connectivity index (χ2v) is 5.15. The predicted octanol–water partition coefficient (Wildman–Crippen LogP) is -1.10. The van der Waals surface area contributed by atoms with Crippen molar-refractivity contribution in [2.75, 3.05) is 13.2 Å². The Bertz CT molecular complexity index is 474. The lowest BCUT2D eigenvalue weighted by Crippen LogP contribution is -2.55. The lowest BCUT2D eigenvalue weighted by molar-refractivity contribution is -0.131. The third kappa shape index (κ3) is 3.36. The van der Waals surface area contributed by atoms with Gasteiger partial charge in [-0.1, -0.05) is 0 Å². The fourth-order valence-electron chi connectivity index (χ4n) is 2.22. The van der Waals surface area contributed by atoms with Crippen molar-refractivity contribution in [1.29, 1.82) is 0 Å². The molecule has 2 rings (SSSR count). The van der Waals surface area contributed by atoms with E-state index in [0.717, 1.165) is 11.3 Å². The standard InChI is InChI=1S/C13H21N3O4/c1-8-9(5-14-16(8)2)3-4-12(18)15-10-6-20-7-11(17)13(10)19/h5,10-11,13,17,19H,3-4,6-7H2,1-2H3,(H,15,18)/t10-,11-,13+/m1/s1. The summed E-state index contributed by atoms with van der Waals surface area (Å²) in [5.74, 6) is -0.171. The number of nitrogens with one attached hydrogen (secondary N) is 1. The number of aromatic nitrogens is 2. The zero-order valence-electron chi connectivity index (χ0n) is 11.7. The van der Waals surface area contributed by atoms with E-state index in [0.29, 0.717) is 12.8 Å². The van der Waals surface area contributed by atoms with E-state index in [9.17, 15) is 15.0 Å². The molecule has 0 radical (unpaired) electrons. The average Bonchev–Trinajstić information content (AvgIpc) is 2.73. The number of aliphatic hydroxyl groups excluding tert-OH is 2. The highest BCUT2D eigenvalue weighted by molar-refractivity contribution is 5.76. The van der Waals surface area contributed by atoms with Crippen LogP contribution in [0.25, 0.3) is 0 Å². The largest absolute Gasteiger partial charge is 0.388 e. The normalized spacial score (nSPS) is 26.5. The third-order valence-electron chi connectivity index (χ3n) is 3.70. The van der Waals surface area contributed by atoms with E-state index in [1.54, 1.807) is 10.9 Å². The Morgan fingerprint density at radius 3 is 2.95 bits per heavy atom. The number of amides is 1. The molecule has 0 spiro atoms. The van der Waals surface area contributed by atoms with Crippen molar-refractivity contribution in [3.63, 3.8) is 0 Å². The zero-order valence-corrected chi connectivity index (χ0v) is 11.7. The van der Waals surface area contributed by atoms with E-state index in [1.807, 2.05) is 14.0 Å². The van der Waals surface area contributed by atoms with Gasteiger partial charge in [-0.05, 0) is 18.9 Å². The summed E-state index contributed by atoms with van der Waals surface area (Å²) in [4.78, 5) is 11.9. The van der Waals surface area contributed by atoms with E-state index in [2.05, 4.69) is 10.4 Å². The first kappa shape index (κ1) is 15.0. The summed E-state index contributed by atoms with van der Waals surface area (Å²) in [6.07, 6.45) is 0.733. The Morgan fingerprint density at radius 2 is 2.30 bits per heavy atom. The molecule has 7 nitrogen and oxygen atoms in total. The van der Waals surface area contributed by atoms with Gasteiger partial charge in [-0.25, -0.2) is 0 Å². The minimum Gasteiger partial charge on any atom is -0.388 e. The van der Waals surface area contributed by atoms with Crippen LogP contribution in [0.2, 0.25) is 0 Å². The maximum atomic E-state index is 11.9. The van der Waals surface area contributed by atoms with Crippen LogP contribution in [-0.4, -0.2) is 57.4 Å². The van der Waals surface area contributed by atoms with Crippen molar-refractivity contribution in [3.8, 4) is 0 Å². The molecule has 112 valence electrons. The van der Waals surface area contributed by atoms with Crippen LogP contribution in [0.4, 0.5) is 0 Å². The minimum atomic E-state index is -0.979. The van der Waals surface area contributed by atoms with Crippen LogP contribution in [-0.2, 0) is 23.0 Å². The number of carbonyl (C=O) groups is 1. The van der Waals surface area contributed by atoms with Crippen LogP contribution < -0.4 is 5.32 Å². The molecule has 0 bridgehead atoms. The van der Waals surface area contributed by atoms with Gasteiger partial charge in [0.15, 0.2) is 0 Å². The molecule has 1 aliphatic heterocycles. The van der Waals surface area contributed by atoms with Gasteiger partial charge in [-0.15, -0.1) is 0 Å². The molecule has 1 aromatic heterocycles. The number of hydrogen-bond acceptors (Lipinski definition) is 5. The predicted molar refractivity (Wildman–Crippen MR) is 71.0 cm³/mol.